The molecule has 2 N–H and O–H groups in total. The molecule has 1 aromatic rings. The van der Waals surface area contributed by atoms with Gasteiger partial charge >= 0.3 is 5.97 Å². The zero-order valence-corrected chi connectivity index (χ0v) is 9.55. The maximum absolute atomic E-state index is 11.5. The number of rotatable bonds is 4. The number of carbonyl (C=O) groups is 2. The number of aliphatic carboxylic acids is 1. The average Bonchev–Trinajstić information content (AvgIpc) is 2.21. The van der Waals surface area contributed by atoms with Gasteiger partial charge < -0.3 is 10.4 Å². The Kier molecular flexibility index (Phi) is 4.52. The van der Waals surface area contributed by atoms with Gasteiger partial charge in [0.05, 0.1) is 17.0 Å². The molecule has 0 spiro atoms. The van der Waals surface area contributed by atoms with Crippen LogP contribution in [0.25, 0.3) is 0 Å². The van der Waals surface area contributed by atoms with E-state index < -0.39 is 11.9 Å². The van der Waals surface area contributed by atoms with Crippen molar-refractivity contribution >= 4 is 35.1 Å². The number of halogens is 2. The molecule has 1 amide bonds. The quantitative estimate of drug-likeness (QED) is 0.808. The fourth-order valence-electron chi connectivity index (χ4n) is 0.965. The van der Waals surface area contributed by atoms with Crippen molar-refractivity contribution in [2.45, 2.75) is 6.42 Å². The van der Waals surface area contributed by atoms with Crippen molar-refractivity contribution in [2.75, 3.05) is 6.54 Å². The van der Waals surface area contributed by atoms with Gasteiger partial charge in [0.1, 0.15) is 5.15 Å². The molecule has 0 bridgehead atoms. The van der Waals surface area contributed by atoms with Crippen LogP contribution in [0.4, 0.5) is 0 Å². The first-order valence-corrected chi connectivity index (χ1v) is 5.07. The maximum atomic E-state index is 11.5. The second kappa shape index (κ2) is 5.67. The van der Waals surface area contributed by atoms with Crippen LogP contribution in [0.2, 0.25) is 10.2 Å². The van der Waals surface area contributed by atoms with Gasteiger partial charge in [-0.05, 0) is 6.07 Å². The fraction of sp³-hybridized carbons (Fsp3) is 0.222. The van der Waals surface area contributed by atoms with Gasteiger partial charge in [-0.25, -0.2) is 4.98 Å². The van der Waals surface area contributed by atoms with Crippen molar-refractivity contribution < 1.29 is 14.7 Å². The number of carboxylic acid groups (broad SMARTS) is 1. The van der Waals surface area contributed by atoms with Gasteiger partial charge in [0.25, 0.3) is 5.91 Å². The van der Waals surface area contributed by atoms with E-state index in [2.05, 4.69) is 10.3 Å². The third kappa shape index (κ3) is 3.67. The first-order valence-electron chi connectivity index (χ1n) is 4.31. The van der Waals surface area contributed by atoms with E-state index in [1.807, 2.05) is 0 Å². The smallest absolute Gasteiger partial charge is 0.305 e. The molecule has 0 aliphatic rings. The number of nitrogens with one attached hydrogen (secondary N) is 1. The van der Waals surface area contributed by atoms with Crippen LogP contribution in [0.5, 0.6) is 0 Å². The number of amides is 1. The van der Waals surface area contributed by atoms with Gasteiger partial charge in [0.2, 0.25) is 0 Å². The molecule has 16 heavy (non-hydrogen) atoms. The molecular formula is C9H8Cl2N2O3. The molecule has 0 aromatic carbocycles. The molecule has 1 heterocycles. The van der Waals surface area contributed by atoms with Gasteiger partial charge in [-0.15, -0.1) is 0 Å². The van der Waals surface area contributed by atoms with E-state index in [-0.39, 0.29) is 28.7 Å². The lowest BCUT2D eigenvalue weighted by atomic mass is 10.2. The third-order valence-corrected chi connectivity index (χ3v) is 2.20. The standard InChI is InChI=1S/C9H8Cl2N2O3/c10-6-4-13-7(11)3-5(6)9(16)12-2-1-8(14)15/h3-4H,1-2H2,(H,12,16)(H,14,15). The minimum absolute atomic E-state index is 0.0322. The van der Waals surface area contributed by atoms with E-state index in [9.17, 15) is 9.59 Å². The summed E-state index contributed by atoms with van der Waals surface area (Å²) in [5, 5.41) is 11.1. The first kappa shape index (κ1) is 12.7. The fourth-order valence-corrected chi connectivity index (χ4v) is 1.31. The molecule has 5 nitrogen and oxygen atoms in total. The summed E-state index contributed by atoms with van der Waals surface area (Å²) in [4.78, 5) is 25.4. The number of hydrogen-bond donors (Lipinski definition) is 2. The molecule has 0 aliphatic heterocycles. The van der Waals surface area contributed by atoms with Gasteiger partial charge in [-0.1, -0.05) is 23.2 Å². The van der Waals surface area contributed by atoms with Gasteiger partial charge in [-0.3, -0.25) is 9.59 Å². The SMILES string of the molecule is O=C(O)CCNC(=O)c1cc(Cl)ncc1Cl. The monoisotopic (exact) mass is 262 g/mol. The summed E-state index contributed by atoms with van der Waals surface area (Å²) >= 11 is 11.3. The molecule has 1 aromatic heterocycles. The molecule has 0 saturated heterocycles. The summed E-state index contributed by atoms with van der Waals surface area (Å²) in [6.45, 7) is 0.0322. The van der Waals surface area contributed by atoms with Crippen LogP contribution >= 0.6 is 23.2 Å². The lowest BCUT2D eigenvalue weighted by molar-refractivity contribution is -0.136. The Morgan fingerprint density at radius 2 is 2.12 bits per heavy atom. The van der Waals surface area contributed by atoms with Crippen molar-refractivity contribution in [1.82, 2.24) is 10.3 Å². The van der Waals surface area contributed by atoms with E-state index >= 15 is 0 Å². The summed E-state index contributed by atoms with van der Waals surface area (Å²) < 4.78 is 0. The van der Waals surface area contributed by atoms with Crippen LogP contribution in [-0.2, 0) is 4.79 Å². The minimum Gasteiger partial charge on any atom is -0.481 e. The third-order valence-electron chi connectivity index (χ3n) is 1.69. The van der Waals surface area contributed by atoms with Crippen LogP contribution in [0, 0.1) is 0 Å². The van der Waals surface area contributed by atoms with Crippen LogP contribution in [0.15, 0.2) is 12.3 Å². The predicted octanol–water partition coefficient (Wildman–Crippen LogP) is 1.59. The number of aromatic nitrogens is 1. The second-order valence-electron chi connectivity index (χ2n) is 2.89. The number of hydrogen-bond acceptors (Lipinski definition) is 3. The van der Waals surface area contributed by atoms with Crippen molar-refractivity contribution in [3.8, 4) is 0 Å². The molecule has 0 atom stereocenters. The van der Waals surface area contributed by atoms with E-state index in [1.165, 1.54) is 12.3 Å². The minimum atomic E-state index is -0.987. The summed E-state index contributed by atoms with van der Waals surface area (Å²) in [5.41, 5.74) is 0.173. The van der Waals surface area contributed by atoms with Crippen LogP contribution in [0.3, 0.4) is 0 Å². The van der Waals surface area contributed by atoms with Gasteiger partial charge in [0.15, 0.2) is 0 Å². The van der Waals surface area contributed by atoms with Gasteiger partial charge in [0, 0.05) is 12.7 Å². The molecule has 0 fully saturated rings. The molecule has 86 valence electrons. The Hall–Kier alpha value is -1.33. The van der Waals surface area contributed by atoms with Gasteiger partial charge in [-0.2, -0.15) is 0 Å². The summed E-state index contributed by atoms with van der Waals surface area (Å²) in [6, 6.07) is 1.32. The maximum Gasteiger partial charge on any atom is 0.305 e. The topological polar surface area (TPSA) is 79.3 Å². The first-order chi connectivity index (χ1) is 7.50. The van der Waals surface area contributed by atoms with Crippen molar-refractivity contribution in [3.05, 3.63) is 28.0 Å². The van der Waals surface area contributed by atoms with E-state index in [0.29, 0.717) is 0 Å². The van der Waals surface area contributed by atoms with E-state index in [4.69, 9.17) is 28.3 Å². The van der Waals surface area contributed by atoms with E-state index in [1.54, 1.807) is 0 Å². The van der Waals surface area contributed by atoms with Crippen molar-refractivity contribution in [3.63, 3.8) is 0 Å². The highest BCUT2D eigenvalue weighted by Gasteiger charge is 2.11. The molecule has 0 aliphatic carbocycles. The summed E-state index contributed by atoms with van der Waals surface area (Å²) in [5.74, 6) is -1.46. The Balaban J connectivity index is 2.65. The number of carboxylic acids is 1. The van der Waals surface area contributed by atoms with Crippen LogP contribution in [0.1, 0.15) is 16.8 Å². The molecule has 1 rings (SSSR count). The Morgan fingerprint density at radius 3 is 2.75 bits per heavy atom. The summed E-state index contributed by atoms with van der Waals surface area (Å²) in [6.07, 6.45) is 1.11. The van der Waals surface area contributed by atoms with E-state index in [0.717, 1.165) is 0 Å². The highest BCUT2D eigenvalue weighted by atomic mass is 35.5. The molecule has 0 unspecified atom stereocenters. The summed E-state index contributed by atoms with van der Waals surface area (Å²) in [7, 11) is 0. The highest BCUT2D eigenvalue weighted by Crippen LogP contribution is 2.17. The Labute approximate surface area is 101 Å². The van der Waals surface area contributed by atoms with Crippen molar-refractivity contribution in [1.29, 1.82) is 0 Å². The van der Waals surface area contributed by atoms with Crippen molar-refractivity contribution in [2.24, 2.45) is 0 Å². The normalized spacial score (nSPS) is 9.88. The largest absolute Gasteiger partial charge is 0.481 e. The number of carbonyl (C=O) groups excluding carboxylic acids is 1. The Bertz CT molecular complexity index is 423. The average molecular weight is 263 g/mol. The lowest BCUT2D eigenvalue weighted by Gasteiger charge is -2.05. The molecule has 0 saturated carbocycles. The predicted molar refractivity (Wildman–Crippen MR) is 58.8 cm³/mol. The lowest BCUT2D eigenvalue weighted by Crippen LogP contribution is -2.26. The zero-order chi connectivity index (χ0) is 12.1. The molecule has 0 radical (unpaired) electrons. The Morgan fingerprint density at radius 1 is 1.44 bits per heavy atom. The second-order valence-corrected chi connectivity index (χ2v) is 3.68. The molecular weight excluding hydrogens is 255 g/mol. The van der Waals surface area contributed by atoms with Crippen LogP contribution in [-0.4, -0.2) is 28.5 Å². The zero-order valence-electron chi connectivity index (χ0n) is 8.04. The molecule has 7 heteroatoms. The number of nitrogens with zero attached hydrogens (tertiary/aromatic N) is 1. The highest BCUT2D eigenvalue weighted by molar-refractivity contribution is 6.35. The number of pyridine rings is 1. The van der Waals surface area contributed by atoms with Crippen LogP contribution < -0.4 is 5.32 Å².